The number of benzene rings is 1. The minimum absolute atomic E-state index is 0.0143. The molecule has 0 saturated carbocycles. The normalized spacial score (nSPS) is 11.9. The van der Waals surface area contributed by atoms with Crippen molar-refractivity contribution in [2.24, 2.45) is 5.92 Å². The lowest BCUT2D eigenvalue weighted by atomic mass is 9.99. The topological polar surface area (TPSA) is 68.5 Å². The van der Waals surface area contributed by atoms with Crippen LogP contribution in [0.3, 0.4) is 0 Å². The summed E-state index contributed by atoms with van der Waals surface area (Å²) in [5, 5.41) is 3.18. The van der Waals surface area contributed by atoms with Gasteiger partial charge in [-0.15, -0.1) is 11.3 Å². The second-order valence-electron chi connectivity index (χ2n) is 7.58. The minimum Gasteiger partial charge on any atom is -0.481 e. The first-order chi connectivity index (χ1) is 16.0. The van der Waals surface area contributed by atoms with E-state index >= 15 is 0 Å². The van der Waals surface area contributed by atoms with Crippen molar-refractivity contribution in [3.05, 3.63) is 71.1 Å². The lowest BCUT2D eigenvalue weighted by Crippen LogP contribution is -2.33. The fourth-order valence-corrected chi connectivity index (χ4v) is 4.60. The van der Waals surface area contributed by atoms with Gasteiger partial charge in [-0.3, -0.25) is 9.69 Å². The third-order valence-electron chi connectivity index (χ3n) is 5.49. The van der Waals surface area contributed by atoms with E-state index in [1.807, 2.05) is 54.8 Å². The van der Waals surface area contributed by atoms with Crippen LogP contribution in [0.5, 0.6) is 5.88 Å². The lowest BCUT2D eigenvalue weighted by molar-refractivity contribution is -0.122. The molecule has 6 nitrogen and oxygen atoms in total. The Labute approximate surface area is 201 Å². The second-order valence-corrected chi connectivity index (χ2v) is 8.85. The number of halogens is 1. The molecular weight excluding hydrogens is 458 g/mol. The molecule has 1 atom stereocenters. The van der Waals surface area contributed by atoms with Crippen molar-refractivity contribution in [1.82, 2.24) is 9.97 Å². The van der Waals surface area contributed by atoms with Gasteiger partial charge in [0, 0.05) is 53.2 Å². The fraction of sp³-hybridized carbons (Fsp3) is 0.240. The zero-order chi connectivity index (χ0) is 23.4. The van der Waals surface area contributed by atoms with Gasteiger partial charge in [0.25, 0.3) is 0 Å². The molecule has 0 fully saturated rings. The Morgan fingerprint density at radius 3 is 2.76 bits per heavy atom. The molecule has 170 valence electrons. The van der Waals surface area contributed by atoms with Crippen LogP contribution in [0.4, 0.5) is 5.13 Å². The molecule has 0 aliphatic carbocycles. The summed E-state index contributed by atoms with van der Waals surface area (Å²) in [6, 6.07) is 13.2. The second kappa shape index (κ2) is 10.2. The van der Waals surface area contributed by atoms with Gasteiger partial charge in [0.2, 0.25) is 11.8 Å². The van der Waals surface area contributed by atoms with Crippen molar-refractivity contribution in [1.29, 1.82) is 0 Å². The molecule has 0 N–H and O–H groups in total. The van der Waals surface area contributed by atoms with E-state index in [0.717, 1.165) is 28.1 Å². The fourth-order valence-electron chi connectivity index (χ4n) is 3.63. The molecule has 4 aromatic rings. The standard InChI is InChI=1S/C25H24ClN3O3S/c1-4-16(12-19-6-5-11-32-19)24(30)29(2)25-28-22(15-33-25)21-13-18(26)8-9-20(21)17-7-10-23(31-3)27-14-17/h5-11,13-16H,4,12H2,1-3H3/t16-/m1/s1. The van der Waals surface area contributed by atoms with Gasteiger partial charge in [0.1, 0.15) is 5.76 Å². The number of ether oxygens (including phenoxy) is 1. The maximum Gasteiger partial charge on any atom is 0.232 e. The molecular formula is C25H24ClN3O3S. The molecule has 3 aromatic heterocycles. The predicted octanol–water partition coefficient (Wildman–Crippen LogP) is 6.36. The van der Waals surface area contributed by atoms with E-state index in [-0.39, 0.29) is 11.8 Å². The lowest BCUT2D eigenvalue weighted by Gasteiger charge is -2.20. The van der Waals surface area contributed by atoms with Crippen LogP contribution in [-0.2, 0) is 11.2 Å². The molecule has 1 amide bonds. The molecule has 4 rings (SSSR count). The van der Waals surface area contributed by atoms with Crippen LogP contribution in [0, 0.1) is 5.92 Å². The van der Waals surface area contributed by atoms with E-state index < -0.39 is 0 Å². The van der Waals surface area contributed by atoms with E-state index in [1.54, 1.807) is 31.5 Å². The number of methoxy groups -OCH3 is 1. The van der Waals surface area contributed by atoms with Crippen LogP contribution in [0.2, 0.25) is 5.02 Å². The number of carbonyl (C=O) groups excluding carboxylic acids is 1. The largest absolute Gasteiger partial charge is 0.481 e. The van der Waals surface area contributed by atoms with Crippen LogP contribution in [0.25, 0.3) is 22.4 Å². The van der Waals surface area contributed by atoms with E-state index in [1.165, 1.54) is 11.3 Å². The number of nitrogens with zero attached hydrogens (tertiary/aromatic N) is 3. The van der Waals surface area contributed by atoms with Crippen LogP contribution < -0.4 is 9.64 Å². The summed E-state index contributed by atoms with van der Waals surface area (Å²) in [6.45, 7) is 2.01. The first-order valence-corrected chi connectivity index (χ1v) is 11.8. The molecule has 0 aliphatic rings. The molecule has 0 spiro atoms. The highest BCUT2D eigenvalue weighted by Gasteiger charge is 2.25. The van der Waals surface area contributed by atoms with Gasteiger partial charge in [0.05, 0.1) is 19.1 Å². The molecule has 0 unspecified atom stereocenters. The number of amides is 1. The van der Waals surface area contributed by atoms with Crippen molar-refractivity contribution in [3.63, 3.8) is 0 Å². The van der Waals surface area contributed by atoms with E-state index in [2.05, 4.69) is 4.98 Å². The third kappa shape index (κ3) is 5.10. The number of pyridine rings is 1. The summed E-state index contributed by atoms with van der Waals surface area (Å²) in [7, 11) is 3.35. The average molecular weight is 482 g/mol. The zero-order valence-electron chi connectivity index (χ0n) is 18.6. The van der Waals surface area contributed by atoms with Gasteiger partial charge in [-0.25, -0.2) is 9.97 Å². The van der Waals surface area contributed by atoms with E-state index in [9.17, 15) is 4.79 Å². The number of hydrogen-bond donors (Lipinski definition) is 0. The van der Waals surface area contributed by atoms with Crippen molar-refractivity contribution in [3.8, 4) is 28.3 Å². The van der Waals surface area contributed by atoms with E-state index in [4.69, 9.17) is 25.7 Å². The molecule has 1 aromatic carbocycles. The number of furan rings is 1. The Bertz CT molecular complexity index is 1220. The van der Waals surface area contributed by atoms with Crippen molar-refractivity contribution >= 4 is 34.0 Å². The smallest absolute Gasteiger partial charge is 0.232 e. The summed E-state index contributed by atoms with van der Waals surface area (Å²) < 4.78 is 10.6. The highest BCUT2D eigenvalue weighted by Crippen LogP contribution is 2.36. The predicted molar refractivity (Wildman–Crippen MR) is 132 cm³/mol. The monoisotopic (exact) mass is 481 g/mol. The number of thiazole rings is 1. The highest BCUT2D eigenvalue weighted by atomic mass is 35.5. The van der Waals surface area contributed by atoms with E-state index in [0.29, 0.717) is 28.9 Å². The Morgan fingerprint density at radius 2 is 2.09 bits per heavy atom. The summed E-state index contributed by atoms with van der Waals surface area (Å²) in [5.41, 5.74) is 3.50. The minimum atomic E-state index is -0.180. The zero-order valence-corrected chi connectivity index (χ0v) is 20.2. The molecule has 33 heavy (non-hydrogen) atoms. The van der Waals surface area contributed by atoms with Crippen LogP contribution in [0.15, 0.2) is 64.7 Å². The van der Waals surface area contributed by atoms with Crippen molar-refractivity contribution < 1.29 is 13.9 Å². The Morgan fingerprint density at radius 1 is 1.24 bits per heavy atom. The van der Waals surface area contributed by atoms with Gasteiger partial charge < -0.3 is 9.15 Å². The van der Waals surface area contributed by atoms with Gasteiger partial charge in [-0.05, 0) is 42.3 Å². The van der Waals surface area contributed by atoms with Crippen LogP contribution >= 0.6 is 22.9 Å². The molecule has 0 radical (unpaired) electrons. The maximum absolute atomic E-state index is 13.2. The van der Waals surface area contributed by atoms with Crippen LogP contribution in [0.1, 0.15) is 19.1 Å². The van der Waals surface area contributed by atoms with Crippen LogP contribution in [-0.4, -0.2) is 30.0 Å². The average Bonchev–Trinajstić information content (AvgIpc) is 3.54. The summed E-state index contributed by atoms with van der Waals surface area (Å²) in [4.78, 5) is 23.9. The quantitative estimate of drug-likeness (QED) is 0.293. The van der Waals surface area contributed by atoms with Gasteiger partial charge in [-0.1, -0.05) is 24.6 Å². The Balaban J connectivity index is 1.61. The summed E-state index contributed by atoms with van der Waals surface area (Å²) in [5.74, 6) is 1.19. The van der Waals surface area contributed by atoms with Crippen molar-refractivity contribution in [2.75, 3.05) is 19.1 Å². The third-order valence-corrected chi connectivity index (χ3v) is 6.65. The molecule has 0 aliphatic heterocycles. The van der Waals surface area contributed by atoms with Gasteiger partial charge >= 0.3 is 0 Å². The Hall–Kier alpha value is -3.16. The number of rotatable bonds is 8. The highest BCUT2D eigenvalue weighted by molar-refractivity contribution is 7.14. The summed E-state index contributed by atoms with van der Waals surface area (Å²) in [6.07, 6.45) is 4.66. The number of aromatic nitrogens is 2. The van der Waals surface area contributed by atoms with Gasteiger partial charge in [-0.2, -0.15) is 0 Å². The van der Waals surface area contributed by atoms with Gasteiger partial charge in [0.15, 0.2) is 5.13 Å². The molecule has 0 bridgehead atoms. The first-order valence-electron chi connectivity index (χ1n) is 10.6. The number of hydrogen-bond acceptors (Lipinski definition) is 6. The molecule has 8 heteroatoms. The first kappa shape index (κ1) is 23.0. The molecule has 0 saturated heterocycles. The SMILES string of the molecule is CC[C@H](Cc1ccco1)C(=O)N(C)c1nc(-c2cc(Cl)ccc2-c2ccc(OC)nc2)cs1. The maximum atomic E-state index is 13.2. The molecule has 3 heterocycles. The number of anilines is 1. The number of carbonyl (C=O) groups is 1. The Kier molecular flexibility index (Phi) is 7.11. The summed E-state index contributed by atoms with van der Waals surface area (Å²) >= 11 is 7.74. The van der Waals surface area contributed by atoms with Crippen molar-refractivity contribution in [2.45, 2.75) is 19.8 Å².